The van der Waals surface area contributed by atoms with Gasteiger partial charge < -0.3 is 9.84 Å². The summed E-state index contributed by atoms with van der Waals surface area (Å²) < 4.78 is 43.9. The number of ether oxygens (including phenoxy) is 1. The number of aromatic carboxylic acids is 1. The molecule has 0 radical (unpaired) electrons. The first-order valence-electron chi connectivity index (χ1n) is 5.12. The molecule has 98 valence electrons. The van der Waals surface area contributed by atoms with E-state index in [-0.39, 0.29) is 11.5 Å². The molecule has 0 atom stereocenters. The van der Waals surface area contributed by atoms with Crippen molar-refractivity contribution in [2.24, 2.45) is 0 Å². The Morgan fingerprint density at radius 2 is 1.58 bits per heavy atom. The molecule has 2 aromatic carbocycles. The summed E-state index contributed by atoms with van der Waals surface area (Å²) in [6.07, 6.45) is 0. The number of benzene rings is 2. The fourth-order valence-corrected chi connectivity index (χ4v) is 1.47. The maximum atomic E-state index is 13.0. The lowest BCUT2D eigenvalue weighted by molar-refractivity contribution is 0.0693. The minimum Gasteiger partial charge on any atom is -0.478 e. The number of hydrogen-bond acceptors (Lipinski definition) is 2. The zero-order valence-corrected chi connectivity index (χ0v) is 9.36. The van der Waals surface area contributed by atoms with Crippen molar-refractivity contribution in [3.8, 4) is 11.5 Å². The minimum absolute atomic E-state index is 0.209. The van der Waals surface area contributed by atoms with Gasteiger partial charge in [0, 0.05) is 18.2 Å². The molecular weight excluding hydrogens is 261 g/mol. The highest BCUT2D eigenvalue weighted by atomic mass is 19.1. The van der Waals surface area contributed by atoms with E-state index in [1.54, 1.807) is 0 Å². The normalized spacial score (nSPS) is 10.3. The second-order valence-electron chi connectivity index (χ2n) is 3.65. The fourth-order valence-electron chi connectivity index (χ4n) is 1.47. The number of hydrogen-bond donors (Lipinski definition) is 1. The Morgan fingerprint density at radius 1 is 0.947 bits per heavy atom. The maximum Gasteiger partial charge on any atom is 0.339 e. The zero-order chi connectivity index (χ0) is 14.0. The molecule has 19 heavy (non-hydrogen) atoms. The van der Waals surface area contributed by atoms with Gasteiger partial charge in [-0.15, -0.1) is 0 Å². The lowest BCUT2D eigenvalue weighted by atomic mass is 10.2. The Labute approximate surface area is 105 Å². The zero-order valence-electron chi connectivity index (χ0n) is 9.36. The first-order chi connectivity index (χ1) is 8.95. The average Bonchev–Trinajstić information content (AvgIpc) is 2.30. The van der Waals surface area contributed by atoms with Crippen LogP contribution in [0, 0.1) is 17.5 Å². The molecule has 2 aromatic rings. The van der Waals surface area contributed by atoms with Gasteiger partial charge in [-0.3, -0.25) is 0 Å². The summed E-state index contributed by atoms with van der Waals surface area (Å²) >= 11 is 0. The molecule has 0 bridgehead atoms. The highest BCUT2D eigenvalue weighted by molar-refractivity contribution is 5.91. The van der Waals surface area contributed by atoms with Crippen molar-refractivity contribution in [2.45, 2.75) is 0 Å². The maximum absolute atomic E-state index is 13.0. The van der Waals surface area contributed by atoms with Crippen LogP contribution in [0.5, 0.6) is 11.5 Å². The molecule has 0 amide bonds. The molecule has 1 N–H and O–H groups in total. The fraction of sp³-hybridized carbons (Fsp3) is 0. The minimum atomic E-state index is -1.41. The predicted molar refractivity (Wildman–Crippen MR) is 59.8 cm³/mol. The van der Waals surface area contributed by atoms with Crippen LogP contribution in [0.4, 0.5) is 13.2 Å². The summed E-state index contributed by atoms with van der Waals surface area (Å²) in [6.45, 7) is 0. The third-order valence-electron chi connectivity index (χ3n) is 2.24. The number of rotatable bonds is 3. The molecule has 0 fully saturated rings. The second-order valence-corrected chi connectivity index (χ2v) is 3.65. The molecular formula is C13H7F3O3. The standard InChI is InChI=1S/C13H7F3O3/c14-7-1-2-12(11(6-7)13(17)18)19-10-4-8(15)3-9(16)5-10/h1-6H,(H,17,18). The van der Waals surface area contributed by atoms with Gasteiger partial charge in [-0.25, -0.2) is 18.0 Å². The third kappa shape index (κ3) is 3.04. The molecule has 3 nitrogen and oxygen atoms in total. The van der Waals surface area contributed by atoms with Crippen molar-refractivity contribution in [1.29, 1.82) is 0 Å². The van der Waals surface area contributed by atoms with Gasteiger partial charge >= 0.3 is 5.97 Å². The predicted octanol–water partition coefficient (Wildman–Crippen LogP) is 3.59. The Balaban J connectivity index is 2.40. The van der Waals surface area contributed by atoms with E-state index in [1.165, 1.54) is 0 Å². The van der Waals surface area contributed by atoms with Gasteiger partial charge in [0.2, 0.25) is 0 Å². The van der Waals surface area contributed by atoms with Gasteiger partial charge in [0.25, 0.3) is 0 Å². The molecule has 2 rings (SSSR count). The number of carbonyl (C=O) groups is 1. The Kier molecular flexibility index (Phi) is 3.41. The second kappa shape index (κ2) is 5.01. The Morgan fingerprint density at radius 3 is 2.16 bits per heavy atom. The van der Waals surface area contributed by atoms with E-state index >= 15 is 0 Å². The topological polar surface area (TPSA) is 46.5 Å². The molecule has 0 aromatic heterocycles. The van der Waals surface area contributed by atoms with E-state index in [0.717, 1.165) is 30.3 Å². The van der Waals surface area contributed by atoms with Crippen molar-refractivity contribution in [3.63, 3.8) is 0 Å². The van der Waals surface area contributed by atoms with Gasteiger partial charge in [0.05, 0.1) is 0 Å². The van der Waals surface area contributed by atoms with Crippen molar-refractivity contribution in [2.75, 3.05) is 0 Å². The van der Waals surface area contributed by atoms with Crippen molar-refractivity contribution < 1.29 is 27.8 Å². The van der Waals surface area contributed by atoms with Crippen LogP contribution in [0.1, 0.15) is 10.4 Å². The monoisotopic (exact) mass is 268 g/mol. The molecule has 0 saturated carbocycles. The van der Waals surface area contributed by atoms with Crippen LogP contribution in [0.3, 0.4) is 0 Å². The Bertz CT molecular complexity index is 621. The highest BCUT2D eigenvalue weighted by Crippen LogP contribution is 2.27. The van der Waals surface area contributed by atoms with Crippen molar-refractivity contribution in [1.82, 2.24) is 0 Å². The molecule has 0 saturated heterocycles. The Hall–Kier alpha value is -2.50. The van der Waals surface area contributed by atoms with E-state index in [9.17, 15) is 18.0 Å². The van der Waals surface area contributed by atoms with E-state index < -0.39 is 29.0 Å². The number of carboxylic acid groups (broad SMARTS) is 1. The van der Waals surface area contributed by atoms with E-state index in [0.29, 0.717) is 6.07 Å². The first-order valence-corrected chi connectivity index (χ1v) is 5.12. The highest BCUT2D eigenvalue weighted by Gasteiger charge is 2.14. The van der Waals surface area contributed by atoms with E-state index in [2.05, 4.69) is 0 Å². The van der Waals surface area contributed by atoms with Gasteiger partial charge in [0.1, 0.15) is 34.5 Å². The summed E-state index contributed by atoms with van der Waals surface area (Å²) in [5.41, 5.74) is -0.440. The molecule has 0 aliphatic carbocycles. The SMILES string of the molecule is O=C(O)c1cc(F)ccc1Oc1cc(F)cc(F)c1. The molecule has 0 unspecified atom stereocenters. The van der Waals surface area contributed by atoms with Crippen molar-refractivity contribution >= 4 is 5.97 Å². The van der Waals surface area contributed by atoms with Crippen molar-refractivity contribution in [3.05, 3.63) is 59.4 Å². The van der Waals surface area contributed by atoms with Gasteiger partial charge in [-0.05, 0) is 18.2 Å². The van der Waals surface area contributed by atoms with E-state index in [1.807, 2.05) is 0 Å². The summed E-state index contributed by atoms with van der Waals surface area (Å²) in [4.78, 5) is 10.9. The number of halogens is 3. The van der Waals surface area contributed by atoms with Crippen LogP contribution in [0.25, 0.3) is 0 Å². The molecule has 0 aliphatic rings. The van der Waals surface area contributed by atoms with Crippen LogP contribution in [0.2, 0.25) is 0 Å². The van der Waals surface area contributed by atoms with Gasteiger partial charge in [-0.2, -0.15) is 0 Å². The van der Waals surface area contributed by atoms with E-state index in [4.69, 9.17) is 9.84 Å². The molecule has 0 heterocycles. The van der Waals surface area contributed by atoms with Crippen LogP contribution in [-0.4, -0.2) is 11.1 Å². The van der Waals surface area contributed by atoms with Crippen LogP contribution < -0.4 is 4.74 Å². The lowest BCUT2D eigenvalue weighted by Crippen LogP contribution is -2.01. The first kappa shape index (κ1) is 12.9. The molecule has 0 aliphatic heterocycles. The van der Waals surface area contributed by atoms with Crippen LogP contribution in [0.15, 0.2) is 36.4 Å². The summed E-state index contributed by atoms with van der Waals surface area (Å²) in [6, 6.07) is 5.23. The summed E-state index contributed by atoms with van der Waals surface area (Å²) in [5.74, 6) is -4.32. The molecule has 6 heteroatoms. The lowest BCUT2D eigenvalue weighted by Gasteiger charge is -2.09. The largest absolute Gasteiger partial charge is 0.478 e. The average molecular weight is 268 g/mol. The quantitative estimate of drug-likeness (QED) is 0.925. The smallest absolute Gasteiger partial charge is 0.339 e. The third-order valence-corrected chi connectivity index (χ3v) is 2.24. The summed E-state index contributed by atoms with van der Waals surface area (Å²) in [5, 5.41) is 8.88. The van der Waals surface area contributed by atoms with Crippen LogP contribution in [-0.2, 0) is 0 Å². The number of carboxylic acids is 1. The van der Waals surface area contributed by atoms with Gasteiger partial charge in [-0.1, -0.05) is 0 Å². The summed E-state index contributed by atoms with van der Waals surface area (Å²) in [7, 11) is 0. The van der Waals surface area contributed by atoms with Crippen LogP contribution >= 0.6 is 0 Å². The molecule has 0 spiro atoms. The van der Waals surface area contributed by atoms with Gasteiger partial charge in [0.15, 0.2) is 0 Å².